The number of hydrazone groups is 1. The van der Waals surface area contributed by atoms with E-state index in [-0.39, 0.29) is 12.5 Å². The minimum absolute atomic E-state index is 0.0941. The lowest BCUT2D eigenvalue weighted by molar-refractivity contribution is -0.123. The molecule has 0 aliphatic rings. The van der Waals surface area contributed by atoms with Crippen molar-refractivity contribution in [2.45, 2.75) is 26.7 Å². The fraction of sp³-hybridized carbons (Fsp3) is 0.385. The minimum Gasteiger partial charge on any atom is -0.483 e. The van der Waals surface area contributed by atoms with Crippen LogP contribution >= 0.6 is 27.5 Å². The first-order chi connectivity index (χ1) is 9.02. The number of nitrogens with one attached hydrogen (secondary N) is 1. The number of hydrogen-bond acceptors (Lipinski definition) is 3. The molecule has 0 aliphatic heterocycles. The van der Waals surface area contributed by atoms with Crippen LogP contribution in [0.1, 0.15) is 26.7 Å². The molecule has 0 unspecified atom stereocenters. The first-order valence-corrected chi connectivity index (χ1v) is 7.10. The zero-order chi connectivity index (χ0) is 14.3. The molecule has 6 heteroatoms. The van der Waals surface area contributed by atoms with Crippen molar-refractivity contribution in [2.75, 3.05) is 6.61 Å². The van der Waals surface area contributed by atoms with Gasteiger partial charge in [0.05, 0.1) is 4.47 Å². The first-order valence-electron chi connectivity index (χ1n) is 5.92. The SMILES string of the molecule is CCC/C(C)=N/NC(=O)COc1ccc(Cl)cc1Br. The molecular weight excluding hydrogens is 332 g/mol. The smallest absolute Gasteiger partial charge is 0.277 e. The summed E-state index contributed by atoms with van der Waals surface area (Å²) in [5.41, 5.74) is 3.34. The Balaban J connectivity index is 2.44. The molecule has 0 spiro atoms. The average Bonchev–Trinajstić information content (AvgIpc) is 2.35. The summed E-state index contributed by atoms with van der Waals surface area (Å²) in [6.45, 7) is 3.84. The van der Waals surface area contributed by atoms with E-state index in [1.807, 2.05) is 6.92 Å². The molecule has 19 heavy (non-hydrogen) atoms. The van der Waals surface area contributed by atoms with Crippen molar-refractivity contribution in [2.24, 2.45) is 5.10 Å². The fourth-order valence-corrected chi connectivity index (χ4v) is 2.14. The molecule has 0 atom stereocenters. The predicted molar refractivity (Wildman–Crippen MR) is 80.8 cm³/mol. The molecule has 0 bridgehead atoms. The standard InChI is InChI=1S/C13H16BrClN2O2/c1-3-4-9(2)16-17-13(18)8-19-12-6-5-10(15)7-11(12)14/h5-7H,3-4,8H2,1-2H3,(H,17,18)/b16-9+. The molecule has 0 saturated carbocycles. The van der Waals surface area contributed by atoms with Crippen molar-refractivity contribution < 1.29 is 9.53 Å². The van der Waals surface area contributed by atoms with Crippen LogP contribution in [0.2, 0.25) is 5.02 Å². The van der Waals surface area contributed by atoms with Crippen LogP contribution in [0.5, 0.6) is 5.75 Å². The van der Waals surface area contributed by atoms with E-state index in [9.17, 15) is 4.79 Å². The summed E-state index contributed by atoms with van der Waals surface area (Å²) < 4.78 is 6.07. The van der Waals surface area contributed by atoms with Crippen molar-refractivity contribution in [3.8, 4) is 5.75 Å². The number of rotatable bonds is 6. The maximum Gasteiger partial charge on any atom is 0.277 e. The van der Waals surface area contributed by atoms with E-state index in [2.05, 4.69) is 33.4 Å². The molecule has 1 N–H and O–H groups in total. The highest BCUT2D eigenvalue weighted by atomic mass is 79.9. The molecule has 1 amide bonds. The average molecular weight is 348 g/mol. The molecule has 0 saturated heterocycles. The van der Waals surface area contributed by atoms with Gasteiger partial charge >= 0.3 is 0 Å². The second-order valence-corrected chi connectivity index (χ2v) is 5.29. The van der Waals surface area contributed by atoms with Crippen LogP contribution in [0.25, 0.3) is 0 Å². The maximum absolute atomic E-state index is 11.5. The summed E-state index contributed by atoms with van der Waals surface area (Å²) in [7, 11) is 0. The number of carbonyl (C=O) groups excluding carboxylic acids is 1. The van der Waals surface area contributed by atoms with Gasteiger partial charge in [0, 0.05) is 10.7 Å². The second kappa shape index (κ2) is 8.17. The van der Waals surface area contributed by atoms with Gasteiger partial charge in [-0.05, 0) is 47.5 Å². The number of benzene rings is 1. The Hall–Kier alpha value is -1.07. The molecule has 0 fully saturated rings. The Kier molecular flexibility index (Phi) is 6.87. The molecule has 1 aromatic rings. The van der Waals surface area contributed by atoms with E-state index in [4.69, 9.17) is 16.3 Å². The van der Waals surface area contributed by atoms with Crippen LogP contribution in [0.15, 0.2) is 27.8 Å². The van der Waals surface area contributed by atoms with Gasteiger partial charge in [-0.2, -0.15) is 5.10 Å². The van der Waals surface area contributed by atoms with E-state index in [1.54, 1.807) is 18.2 Å². The third-order valence-corrected chi connectivity index (χ3v) is 3.09. The highest BCUT2D eigenvalue weighted by Crippen LogP contribution is 2.27. The van der Waals surface area contributed by atoms with Crippen molar-refractivity contribution in [3.63, 3.8) is 0 Å². The number of ether oxygens (including phenoxy) is 1. The summed E-state index contributed by atoms with van der Waals surface area (Å²) in [5, 5.41) is 4.57. The van der Waals surface area contributed by atoms with Gasteiger partial charge in [0.15, 0.2) is 6.61 Å². The highest BCUT2D eigenvalue weighted by Gasteiger charge is 2.05. The number of nitrogens with zero attached hydrogens (tertiary/aromatic N) is 1. The molecule has 0 radical (unpaired) electrons. The third-order valence-electron chi connectivity index (χ3n) is 2.24. The largest absolute Gasteiger partial charge is 0.483 e. The molecule has 0 aromatic heterocycles. The Morgan fingerprint density at radius 1 is 1.53 bits per heavy atom. The summed E-state index contributed by atoms with van der Waals surface area (Å²) in [6, 6.07) is 5.10. The van der Waals surface area contributed by atoms with Crippen LogP contribution in [0, 0.1) is 0 Å². The predicted octanol–water partition coefficient (Wildman–Crippen LogP) is 3.77. The lowest BCUT2D eigenvalue weighted by atomic mass is 10.2. The molecule has 1 rings (SSSR count). The van der Waals surface area contributed by atoms with Crippen molar-refractivity contribution in [1.29, 1.82) is 0 Å². The molecule has 0 heterocycles. The van der Waals surface area contributed by atoms with Gasteiger partial charge in [0.1, 0.15) is 5.75 Å². The molecule has 4 nitrogen and oxygen atoms in total. The van der Waals surface area contributed by atoms with Gasteiger partial charge in [-0.1, -0.05) is 24.9 Å². The van der Waals surface area contributed by atoms with Crippen molar-refractivity contribution in [1.82, 2.24) is 5.43 Å². The Morgan fingerprint density at radius 2 is 2.26 bits per heavy atom. The topological polar surface area (TPSA) is 50.7 Å². The van der Waals surface area contributed by atoms with E-state index in [0.717, 1.165) is 18.6 Å². The van der Waals surface area contributed by atoms with Gasteiger partial charge in [-0.3, -0.25) is 4.79 Å². The van der Waals surface area contributed by atoms with Gasteiger partial charge in [0.25, 0.3) is 5.91 Å². The van der Waals surface area contributed by atoms with Gasteiger partial charge in [-0.15, -0.1) is 0 Å². The summed E-state index contributed by atoms with van der Waals surface area (Å²) >= 11 is 9.12. The molecule has 0 aliphatic carbocycles. The van der Waals surface area contributed by atoms with Crippen LogP contribution in [0.4, 0.5) is 0 Å². The minimum atomic E-state index is -0.294. The zero-order valence-electron chi connectivity index (χ0n) is 10.9. The zero-order valence-corrected chi connectivity index (χ0v) is 13.2. The van der Waals surface area contributed by atoms with E-state index in [1.165, 1.54) is 0 Å². The fourth-order valence-electron chi connectivity index (χ4n) is 1.34. The van der Waals surface area contributed by atoms with Gasteiger partial charge in [0.2, 0.25) is 0 Å². The Labute approximate surface area is 126 Å². The summed E-state index contributed by atoms with van der Waals surface area (Å²) in [6.07, 6.45) is 1.86. The Bertz CT molecular complexity index is 478. The molecule has 104 valence electrons. The van der Waals surface area contributed by atoms with E-state index >= 15 is 0 Å². The summed E-state index contributed by atoms with van der Waals surface area (Å²) in [4.78, 5) is 11.5. The van der Waals surface area contributed by atoms with Crippen LogP contribution < -0.4 is 10.2 Å². The van der Waals surface area contributed by atoms with E-state index < -0.39 is 0 Å². The third kappa shape index (κ3) is 6.07. The second-order valence-electron chi connectivity index (χ2n) is 4.00. The maximum atomic E-state index is 11.5. The number of hydrogen-bond donors (Lipinski definition) is 1. The van der Waals surface area contributed by atoms with Gasteiger partial charge < -0.3 is 4.74 Å². The van der Waals surface area contributed by atoms with Crippen LogP contribution in [0.3, 0.4) is 0 Å². The van der Waals surface area contributed by atoms with Crippen molar-refractivity contribution >= 4 is 39.1 Å². The number of amides is 1. The van der Waals surface area contributed by atoms with Crippen LogP contribution in [-0.2, 0) is 4.79 Å². The Morgan fingerprint density at radius 3 is 2.89 bits per heavy atom. The highest BCUT2D eigenvalue weighted by molar-refractivity contribution is 9.10. The number of halogens is 2. The number of carbonyl (C=O) groups is 1. The first kappa shape index (κ1) is 16.0. The molecule has 1 aromatic carbocycles. The van der Waals surface area contributed by atoms with E-state index in [0.29, 0.717) is 15.2 Å². The molecular formula is C13H16BrClN2O2. The van der Waals surface area contributed by atoms with Gasteiger partial charge in [-0.25, -0.2) is 5.43 Å². The quantitative estimate of drug-likeness (QED) is 0.629. The van der Waals surface area contributed by atoms with Crippen LogP contribution in [-0.4, -0.2) is 18.2 Å². The van der Waals surface area contributed by atoms with Crippen molar-refractivity contribution in [3.05, 3.63) is 27.7 Å². The monoisotopic (exact) mass is 346 g/mol. The lowest BCUT2D eigenvalue weighted by Crippen LogP contribution is -2.25. The lowest BCUT2D eigenvalue weighted by Gasteiger charge is -2.07. The normalized spacial score (nSPS) is 11.3. The summed E-state index contributed by atoms with van der Waals surface area (Å²) in [5.74, 6) is 0.270.